The van der Waals surface area contributed by atoms with Gasteiger partial charge in [0.2, 0.25) is 6.41 Å². The van der Waals surface area contributed by atoms with Crippen LogP contribution in [0.15, 0.2) is 34.3 Å². The van der Waals surface area contributed by atoms with Gasteiger partial charge in [-0.3, -0.25) is 4.79 Å². The number of hydrogen-bond acceptors (Lipinski definition) is 3. The molecule has 2 rings (SSSR count). The van der Waals surface area contributed by atoms with Gasteiger partial charge < -0.3 is 9.73 Å². The molecule has 0 atom stereocenters. The molecule has 66 valence electrons. The van der Waals surface area contributed by atoms with E-state index in [0.717, 1.165) is 16.3 Å². The highest BCUT2D eigenvalue weighted by molar-refractivity contribution is 7.15. The molecule has 0 bridgehead atoms. The summed E-state index contributed by atoms with van der Waals surface area (Å²) in [7, 11) is 0. The minimum atomic E-state index is 0.665. The maximum atomic E-state index is 10.3. The van der Waals surface area contributed by atoms with E-state index in [9.17, 15) is 4.79 Å². The minimum absolute atomic E-state index is 0.665. The van der Waals surface area contributed by atoms with Gasteiger partial charge in [-0.1, -0.05) is 0 Å². The Balaban J connectivity index is 2.40. The molecule has 0 radical (unpaired) electrons. The Labute approximate surface area is 79.0 Å². The highest BCUT2D eigenvalue weighted by Crippen LogP contribution is 2.32. The van der Waals surface area contributed by atoms with Crippen molar-refractivity contribution in [1.29, 1.82) is 0 Å². The summed E-state index contributed by atoms with van der Waals surface area (Å²) in [5, 5.41) is 5.34. The second-order valence-corrected chi connectivity index (χ2v) is 3.32. The molecule has 0 spiro atoms. The summed E-state index contributed by atoms with van der Waals surface area (Å²) < 4.78 is 5.22. The predicted octanol–water partition coefficient (Wildman–Crippen LogP) is 2.58. The number of rotatable bonds is 3. The van der Waals surface area contributed by atoms with Crippen LogP contribution in [0.1, 0.15) is 0 Å². The van der Waals surface area contributed by atoms with Crippen molar-refractivity contribution in [2.45, 2.75) is 0 Å². The van der Waals surface area contributed by atoms with E-state index in [4.69, 9.17) is 4.42 Å². The highest BCUT2D eigenvalue weighted by atomic mass is 32.1. The monoisotopic (exact) mass is 193 g/mol. The van der Waals surface area contributed by atoms with E-state index in [0.29, 0.717) is 6.41 Å². The number of carbonyl (C=O) groups is 1. The molecule has 13 heavy (non-hydrogen) atoms. The van der Waals surface area contributed by atoms with Crippen LogP contribution in [0.5, 0.6) is 0 Å². The van der Waals surface area contributed by atoms with E-state index in [1.807, 2.05) is 23.6 Å². The zero-order valence-electron chi connectivity index (χ0n) is 6.69. The number of thiophene rings is 1. The molecular weight excluding hydrogens is 186 g/mol. The maximum absolute atomic E-state index is 10.3. The molecular formula is C9H7NO2S. The number of carbonyl (C=O) groups excluding carboxylic acids is 1. The number of hydrogen-bond donors (Lipinski definition) is 1. The van der Waals surface area contributed by atoms with Crippen molar-refractivity contribution in [2.24, 2.45) is 0 Å². The zero-order valence-corrected chi connectivity index (χ0v) is 7.51. The lowest BCUT2D eigenvalue weighted by molar-refractivity contribution is -0.105. The van der Waals surface area contributed by atoms with Crippen LogP contribution in [-0.4, -0.2) is 6.41 Å². The van der Waals surface area contributed by atoms with Gasteiger partial charge in [-0.25, -0.2) is 0 Å². The maximum Gasteiger partial charge on any atom is 0.212 e. The molecule has 0 unspecified atom stereocenters. The van der Waals surface area contributed by atoms with Crippen LogP contribution in [0.3, 0.4) is 0 Å². The predicted molar refractivity (Wildman–Crippen MR) is 51.7 cm³/mol. The lowest BCUT2D eigenvalue weighted by Gasteiger charge is -1.96. The molecule has 0 aromatic carbocycles. The Morgan fingerprint density at radius 2 is 2.38 bits per heavy atom. The second kappa shape index (κ2) is 3.45. The molecule has 0 aliphatic heterocycles. The van der Waals surface area contributed by atoms with Crippen molar-refractivity contribution in [3.63, 3.8) is 0 Å². The van der Waals surface area contributed by atoms with E-state index in [-0.39, 0.29) is 0 Å². The normalized spacial score (nSPS) is 9.85. The number of furan rings is 1. The van der Waals surface area contributed by atoms with Gasteiger partial charge >= 0.3 is 0 Å². The van der Waals surface area contributed by atoms with Gasteiger partial charge in [0.25, 0.3) is 0 Å². The Morgan fingerprint density at radius 3 is 3.08 bits per heavy atom. The summed E-state index contributed by atoms with van der Waals surface area (Å²) >= 11 is 1.47. The number of anilines is 1. The molecule has 2 heterocycles. The zero-order chi connectivity index (χ0) is 9.10. The lowest BCUT2D eigenvalue weighted by atomic mass is 10.2. The Bertz CT molecular complexity index is 391. The van der Waals surface area contributed by atoms with Gasteiger partial charge in [-0.05, 0) is 23.6 Å². The average molecular weight is 193 g/mol. The van der Waals surface area contributed by atoms with Crippen LogP contribution in [0.25, 0.3) is 11.3 Å². The van der Waals surface area contributed by atoms with Crippen molar-refractivity contribution < 1.29 is 9.21 Å². The fraction of sp³-hybridized carbons (Fsp3) is 0. The van der Waals surface area contributed by atoms with E-state index in [1.165, 1.54) is 11.3 Å². The summed E-state index contributed by atoms with van der Waals surface area (Å²) in [6, 6.07) is 5.59. The number of nitrogens with one attached hydrogen (secondary N) is 1. The van der Waals surface area contributed by atoms with Crippen LogP contribution < -0.4 is 5.32 Å². The summed E-state index contributed by atoms with van der Waals surface area (Å²) in [4.78, 5) is 10.3. The van der Waals surface area contributed by atoms with Crippen LogP contribution in [0.4, 0.5) is 5.00 Å². The van der Waals surface area contributed by atoms with Crippen LogP contribution >= 0.6 is 11.3 Å². The summed E-state index contributed by atoms with van der Waals surface area (Å²) in [6.07, 6.45) is 2.27. The molecule has 0 aliphatic rings. The summed E-state index contributed by atoms with van der Waals surface area (Å²) in [5.41, 5.74) is 0.919. The third-order valence-corrected chi connectivity index (χ3v) is 2.49. The van der Waals surface area contributed by atoms with Gasteiger partial charge in [-0.2, -0.15) is 0 Å². The SMILES string of the molecule is O=CNc1sccc1-c1ccco1. The molecule has 2 aromatic rings. The quantitative estimate of drug-likeness (QED) is 0.761. The molecule has 1 amide bonds. The highest BCUT2D eigenvalue weighted by Gasteiger charge is 2.07. The smallest absolute Gasteiger partial charge is 0.212 e. The van der Waals surface area contributed by atoms with Crippen molar-refractivity contribution >= 4 is 22.7 Å². The van der Waals surface area contributed by atoms with E-state index in [2.05, 4.69) is 5.32 Å². The van der Waals surface area contributed by atoms with E-state index < -0.39 is 0 Å². The summed E-state index contributed by atoms with van der Waals surface area (Å²) in [5.74, 6) is 0.769. The van der Waals surface area contributed by atoms with Crippen molar-refractivity contribution in [3.8, 4) is 11.3 Å². The van der Waals surface area contributed by atoms with Gasteiger partial charge in [0, 0.05) is 0 Å². The molecule has 4 heteroatoms. The third kappa shape index (κ3) is 1.48. The fourth-order valence-corrected chi connectivity index (χ4v) is 1.85. The molecule has 0 aliphatic carbocycles. The average Bonchev–Trinajstić information content (AvgIpc) is 2.71. The molecule has 0 fully saturated rings. The van der Waals surface area contributed by atoms with Crippen molar-refractivity contribution in [3.05, 3.63) is 29.8 Å². The van der Waals surface area contributed by atoms with Gasteiger partial charge in [0.1, 0.15) is 10.8 Å². The topological polar surface area (TPSA) is 42.2 Å². The fourth-order valence-electron chi connectivity index (χ4n) is 1.10. The van der Waals surface area contributed by atoms with Gasteiger partial charge in [-0.15, -0.1) is 11.3 Å². The first-order valence-corrected chi connectivity index (χ1v) is 4.61. The molecule has 2 aromatic heterocycles. The standard InChI is InChI=1S/C9H7NO2S/c11-6-10-9-7(3-5-13-9)8-2-1-4-12-8/h1-6H,(H,10,11). The minimum Gasteiger partial charge on any atom is -0.464 e. The van der Waals surface area contributed by atoms with Crippen molar-refractivity contribution in [2.75, 3.05) is 5.32 Å². The molecule has 0 saturated carbocycles. The first-order chi connectivity index (χ1) is 6.42. The third-order valence-electron chi connectivity index (χ3n) is 1.64. The second-order valence-electron chi connectivity index (χ2n) is 2.40. The number of amides is 1. The van der Waals surface area contributed by atoms with Crippen LogP contribution in [-0.2, 0) is 4.79 Å². The van der Waals surface area contributed by atoms with Gasteiger partial charge in [0.05, 0.1) is 11.8 Å². The van der Waals surface area contributed by atoms with Crippen molar-refractivity contribution in [1.82, 2.24) is 0 Å². The molecule has 0 saturated heterocycles. The van der Waals surface area contributed by atoms with Crippen LogP contribution in [0.2, 0.25) is 0 Å². The molecule has 3 nitrogen and oxygen atoms in total. The van der Waals surface area contributed by atoms with Crippen LogP contribution in [0, 0.1) is 0 Å². The molecule has 1 N–H and O–H groups in total. The lowest BCUT2D eigenvalue weighted by Crippen LogP contribution is -1.91. The first kappa shape index (κ1) is 8.07. The summed E-state index contributed by atoms with van der Waals surface area (Å²) in [6.45, 7) is 0. The Kier molecular flexibility index (Phi) is 2.14. The van der Waals surface area contributed by atoms with E-state index in [1.54, 1.807) is 6.26 Å². The van der Waals surface area contributed by atoms with E-state index >= 15 is 0 Å². The largest absolute Gasteiger partial charge is 0.464 e. The Morgan fingerprint density at radius 1 is 1.46 bits per heavy atom. The Hall–Kier alpha value is -1.55. The first-order valence-electron chi connectivity index (χ1n) is 3.73. The van der Waals surface area contributed by atoms with Gasteiger partial charge in [0.15, 0.2) is 0 Å².